The van der Waals surface area contributed by atoms with Crippen molar-refractivity contribution in [2.24, 2.45) is 5.41 Å². The number of aliphatic carboxylic acids is 1. The Bertz CT molecular complexity index is 415. The van der Waals surface area contributed by atoms with Crippen LogP contribution in [0.2, 0.25) is 0 Å². The molecule has 0 saturated carbocycles. The number of hydrogen-bond acceptors (Lipinski definition) is 2. The van der Waals surface area contributed by atoms with Crippen molar-refractivity contribution in [1.82, 2.24) is 0 Å². The van der Waals surface area contributed by atoms with Gasteiger partial charge in [-0.15, -0.1) is 0 Å². The first-order chi connectivity index (χ1) is 8.81. The lowest BCUT2D eigenvalue weighted by molar-refractivity contribution is -0.147. The Labute approximate surface area is 115 Å². The normalized spacial score (nSPS) is 11.4. The largest absolute Gasteiger partial charge is 0.494 e. The number of carboxylic acids is 1. The zero-order valence-electron chi connectivity index (χ0n) is 12.3. The Balaban J connectivity index is 2.30. The molecule has 0 fully saturated rings. The van der Waals surface area contributed by atoms with Crippen LogP contribution in [0, 0.1) is 19.3 Å². The second-order valence-electron chi connectivity index (χ2n) is 5.82. The van der Waals surface area contributed by atoms with E-state index < -0.39 is 11.4 Å². The molecule has 19 heavy (non-hydrogen) atoms. The summed E-state index contributed by atoms with van der Waals surface area (Å²) in [6.07, 6.45) is 2.42. The Morgan fingerprint density at radius 3 is 2.26 bits per heavy atom. The minimum absolute atomic E-state index is 0.637. The van der Waals surface area contributed by atoms with Crippen LogP contribution in [0.4, 0.5) is 0 Å². The van der Waals surface area contributed by atoms with Crippen LogP contribution in [-0.4, -0.2) is 17.7 Å². The third-order valence-electron chi connectivity index (χ3n) is 3.24. The van der Waals surface area contributed by atoms with E-state index in [2.05, 4.69) is 19.9 Å². The van der Waals surface area contributed by atoms with Gasteiger partial charge in [-0.1, -0.05) is 6.07 Å². The molecule has 3 nitrogen and oxygen atoms in total. The summed E-state index contributed by atoms with van der Waals surface area (Å²) in [4.78, 5) is 10.9. The molecule has 0 aliphatic heterocycles. The molecule has 0 spiro atoms. The van der Waals surface area contributed by atoms with Crippen LogP contribution in [0.1, 0.15) is 44.2 Å². The highest BCUT2D eigenvalue weighted by molar-refractivity contribution is 5.73. The highest BCUT2D eigenvalue weighted by atomic mass is 16.5. The predicted molar refractivity (Wildman–Crippen MR) is 76.7 cm³/mol. The van der Waals surface area contributed by atoms with Crippen LogP contribution in [-0.2, 0) is 4.79 Å². The molecule has 0 aliphatic carbocycles. The number of aryl methyl sites for hydroxylation is 2. The van der Waals surface area contributed by atoms with Crippen LogP contribution in [0.15, 0.2) is 18.2 Å². The molecular formula is C16H24O3. The molecule has 0 atom stereocenters. The Morgan fingerprint density at radius 1 is 1.16 bits per heavy atom. The molecule has 1 aromatic carbocycles. The van der Waals surface area contributed by atoms with Crippen molar-refractivity contribution in [2.75, 3.05) is 6.61 Å². The van der Waals surface area contributed by atoms with Gasteiger partial charge in [0.2, 0.25) is 0 Å². The first-order valence-corrected chi connectivity index (χ1v) is 6.76. The van der Waals surface area contributed by atoms with E-state index in [4.69, 9.17) is 9.84 Å². The fourth-order valence-electron chi connectivity index (χ4n) is 1.98. The first kappa shape index (κ1) is 15.5. The summed E-state index contributed by atoms with van der Waals surface area (Å²) in [5.41, 5.74) is 1.75. The molecule has 0 saturated heterocycles. The lowest BCUT2D eigenvalue weighted by atomic mass is 9.87. The van der Waals surface area contributed by atoms with Crippen molar-refractivity contribution in [2.45, 2.75) is 47.0 Å². The van der Waals surface area contributed by atoms with Gasteiger partial charge in [0.25, 0.3) is 0 Å². The van der Waals surface area contributed by atoms with Gasteiger partial charge in [-0.05, 0) is 70.2 Å². The number of carboxylic acid groups (broad SMARTS) is 1. The number of benzene rings is 1. The average Bonchev–Trinajstić information content (AvgIpc) is 2.26. The average molecular weight is 264 g/mol. The lowest BCUT2D eigenvalue weighted by Gasteiger charge is -2.18. The number of hydrogen-bond donors (Lipinski definition) is 1. The SMILES string of the molecule is Cc1cc(C)cc(OCCCCC(C)(C)C(=O)O)c1. The summed E-state index contributed by atoms with van der Waals surface area (Å²) in [7, 11) is 0. The second-order valence-corrected chi connectivity index (χ2v) is 5.82. The summed E-state index contributed by atoms with van der Waals surface area (Å²) >= 11 is 0. The van der Waals surface area contributed by atoms with Crippen molar-refractivity contribution in [1.29, 1.82) is 0 Å². The van der Waals surface area contributed by atoms with E-state index in [0.29, 0.717) is 13.0 Å². The summed E-state index contributed by atoms with van der Waals surface area (Å²) in [6.45, 7) is 8.27. The van der Waals surface area contributed by atoms with Crippen molar-refractivity contribution >= 4 is 5.97 Å². The van der Waals surface area contributed by atoms with Gasteiger partial charge in [-0.25, -0.2) is 0 Å². The summed E-state index contributed by atoms with van der Waals surface area (Å²) in [5, 5.41) is 9.01. The van der Waals surface area contributed by atoms with E-state index in [1.807, 2.05) is 12.1 Å². The molecule has 0 bridgehead atoms. The van der Waals surface area contributed by atoms with Crippen LogP contribution in [0.3, 0.4) is 0 Å². The highest BCUT2D eigenvalue weighted by Gasteiger charge is 2.25. The van der Waals surface area contributed by atoms with Crippen LogP contribution >= 0.6 is 0 Å². The molecule has 3 heteroatoms. The van der Waals surface area contributed by atoms with Crippen LogP contribution in [0.25, 0.3) is 0 Å². The second kappa shape index (κ2) is 6.60. The Morgan fingerprint density at radius 2 is 1.74 bits per heavy atom. The quantitative estimate of drug-likeness (QED) is 0.758. The van der Waals surface area contributed by atoms with Gasteiger partial charge in [0.05, 0.1) is 12.0 Å². The minimum Gasteiger partial charge on any atom is -0.494 e. The van der Waals surface area contributed by atoms with E-state index in [1.165, 1.54) is 11.1 Å². The summed E-state index contributed by atoms with van der Waals surface area (Å²) < 4.78 is 5.70. The van der Waals surface area contributed by atoms with E-state index in [0.717, 1.165) is 18.6 Å². The van der Waals surface area contributed by atoms with Crippen molar-refractivity contribution in [3.63, 3.8) is 0 Å². The maximum atomic E-state index is 10.9. The Kier molecular flexibility index (Phi) is 5.40. The highest BCUT2D eigenvalue weighted by Crippen LogP contribution is 2.23. The molecule has 0 aliphatic rings. The van der Waals surface area contributed by atoms with Crippen molar-refractivity contribution in [3.8, 4) is 5.75 Å². The Hall–Kier alpha value is -1.51. The fraction of sp³-hybridized carbons (Fsp3) is 0.562. The van der Waals surface area contributed by atoms with Gasteiger partial charge in [0.15, 0.2) is 0 Å². The molecule has 0 heterocycles. The van der Waals surface area contributed by atoms with E-state index in [-0.39, 0.29) is 0 Å². The predicted octanol–water partition coefficient (Wildman–Crippen LogP) is 3.96. The summed E-state index contributed by atoms with van der Waals surface area (Å²) in [6, 6.07) is 6.16. The monoisotopic (exact) mass is 264 g/mol. The smallest absolute Gasteiger partial charge is 0.309 e. The maximum Gasteiger partial charge on any atom is 0.309 e. The molecule has 106 valence electrons. The van der Waals surface area contributed by atoms with Gasteiger partial charge >= 0.3 is 5.97 Å². The molecular weight excluding hydrogens is 240 g/mol. The standard InChI is InChI=1S/C16H24O3/c1-12-9-13(2)11-14(10-12)19-8-6-5-7-16(3,4)15(17)18/h9-11H,5-8H2,1-4H3,(H,17,18). The fourth-order valence-corrected chi connectivity index (χ4v) is 1.98. The molecule has 0 aromatic heterocycles. The summed E-state index contributed by atoms with van der Waals surface area (Å²) in [5.74, 6) is 0.165. The zero-order valence-corrected chi connectivity index (χ0v) is 12.3. The van der Waals surface area contributed by atoms with Gasteiger partial charge in [0.1, 0.15) is 5.75 Å². The number of rotatable bonds is 7. The van der Waals surface area contributed by atoms with E-state index in [1.54, 1.807) is 13.8 Å². The number of carbonyl (C=O) groups is 1. The van der Waals surface area contributed by atoms with Gasteiger partial charge in [0, 0.05) is 0 Å². The third kappa shape index (κ3) is 5.33. The molecule has 0 radical (unpaired) electrons. The first-order valence-electron chi connectivity index (χ1n) is 6.76. The number of ether oxygens (including phenoxy) is 1. The maximum absolute atomic E-state index is 10.9. The molecule has 1 N–H and O–H groups in total. The van der Waals surface area contributed by atoms with Crippen molar-refractivity contribution in [3.05, 3.63) is 29.3 Å². The van der Waals surface area contributed by atoms with E-state index in [9.17, 15) is 4.79 Å². The molecule has 1 aromatic rings. The van der Waals surface area contributed by atoms with E-state index >= 15 is 0 Å². The molecule has 0 amide bonds. The van der Waals surface area contributed by atoms with Crippen molar-refractivity contribution < 1.29 is 14.6 Å². The topological polar surface area (TPSA) is 46.5 Å². The number of unbranched alkanes of at least 4 members (excludes halogenated alkanes) is 1. The van der Waals surface area contributed by atoms with Gasteiger partial charge < -0.3 is 9.84 Å². The lowest BCUT2D eigenvalue weighted by Crippen LogP contribution is -2.23. The van der Waals surface area contributed by atoms with Gasteiger partial charge in [-0.2, -0.15) is 0 Å². The molecule has 1 rings (SSSR count). The van der Waals surface area contributed by atoms with Crippen LogP contribution < -0.4 is 4.74 Å². The van der Waals surface area contributed by atoms with Gasteiger partial charge in [-0.3, -0.25) is 4.79 Å². The van der Waals surface area contributed by atoms with Crippen LogP contribution in [0.5, 0.6) is 5.75 Å². The minimum atomic E-state index is -0.734. The molecule has 0 unspecified atom stereocenters. The third-order valence-corrected chi connectivity index (χ3v) is 3.24. The zero-order chi connectivity index (χ0) is 14.5.